The first kappa shape index (κ1) is 24.4. The number of thioether (sulfide) groups is 1. The minimum atomic E-state index is -0.653. The number of phenolic OH excluding ortho intramolecular Hbond substituents is 1. The molecule has 1 unspecified atom stereocenters. The number of aromatic nitrogens is 1. The van der Waals surface area contributed by atoms with Gasteiger partial charge in [0.05, 0.1) is 12.7 Å². The Hall–Kier alpha value is -4.31. The number of ether oxygens (including phenoxy) is 2. The summed E-state index contributed by atoms with van der Waals surface area (Å²) < 4.78 is 30.3. The first-order valence-corrected chi connectivity index (χ1v) is 12.2. The van der Waals surface area contributed by atoms with Crippen LogP contribution >= 0.6 is 11.8 Å². The predicted molar refractivity (Wildman–Crippen MR) is 136 cm³/mol. The summed E-state index contributed by atoms with van der Waals surface area (Å²) in [5.74, 6) is 0.510. The number of hydrazone groups is 1. The molecular weight excluding hydrogens is 497 g/mol. The fourth-order valence-corrected chi connectivity index (χ4v) is 5.04. The smallest absolute Gasteiger partial charge is 0.279 e. The lowest BCUT2D eigenvalue weighted by atomic mass is 10.1. The molecular formula is C27H22FN3O5S. The number of aromatic hydroxyl groups is 1. The van der Waals surface area contributed by atoms with E-state index in [0.717, 1.165) is 0 Å². The van der Waals surface area contributed by atoms with E-state index in [0.29, 0.717) is 39.1 Å². The van der Waals surface area contributed by atoms with Crippen LogP contribution in [0.5, 0.6) is 17.2 Å². The zero-order valence-corrected chi connectivity index (χ0v) is 20.7. The summed E-state index contributed by atoms with van der Waals surface area (Å²) in [6.07, 6.45) is 0. The summed E-state index contributed by atoms with van der Waals surface area (Å²) in [6.45, 7) is 1.96. The van der Waals surface area contributed by atoms with Gasteiger partial charge in [0.2, 0.25) is 0 Å². The maximum absolute atomic E-state index is 13.6. The fourth-order valence-electron chi connectivity index (χ4n) is 3.87. The highest BCUT2D eigenvalue weighted by molar-refractivity contribution is 8.14. The van der Waals surface area contributed by atoms with Crippen molar-refractivity contribution in [3.8, 4) is 17.2 Å². The molecule has 37 heavy (non-hydrogen) atoms. The van der Waals surface area contributed by atoms with E-state index in [4.69, 9.17) is 14.0 Å². The second-order valence-electron chi connectivity index (χ2n) is 8.15. The number of hydrogen-bond donors (Lipinski definition) is 1. The number of nitrogens with zero attached hydrogens (tertiary/aromatic N) is 3. The predicted octanol–water partition coefficient (Wildman–Crippen LogP) is 5.66. The van der Waals surface area contributed by atoms with Crippen LogP contribution in [0.4, 0.5) is 4.39 Å². The number of benzene rings is 3. The lowest BCUT2D eigenvalue weighted by Crippen LogP contribution is -2.26. The van der Waals surface area contributed by atoms with Gasteiger partial charge in [-0.25, -0.2) is 9.40 Å². The van der Waals surface area contributed by atoms with Gasteiger partial charge in [0.15, 0.2) is 11.5 Å². The van der Waals surface area contributed by atoms with Crippen LogP contribution in [0.25, 0.3) is 0 Å². The summed E-state index contributed by atoms with van der Waals surface area (Å²) in [5.41, 5.74) is 2.01. The molecule has 3 aromatic carbocycles. The minimum absolute atomic E-state index is 0.102. The van der Waals surface area contributed by atoms with Gasteiger partial charge in [0.1, 0.15) is 40.0 Å². The fraction of sp³-hybridized carbons (Fsp3) is 0.148. The molecule has 1 aromatic heterocycles. The molecule has 8 nitrogen and oxygen atoms in total. The van der Waals surface area contributed by atoms with Crippen LogP contribution in [0.1, 0.15) is 38.3 Å². The Morgan fingerprint density at radius 3 is 2.62 bits per heavy atom. The number of carbonyl (C=O) groups excluding carboxylic acids is 1. The van der Waals surface area contributed by atoms with Gasteiger partial charge < -0.3 is 19.1 Å². The number of carbonyl (C=O) groups is 1. The molecule has 0 saturated heterocycles. The molecule has 1 amide bonds. The summed E-state index contributed by atoms with van der Waals surface area (Å²) in [7, 11) is 1.52. The standard InChI is InChI=1S/C27H22FN3O5S/c1-16-14-19(30-36-16)15-35-23-9-5-7-21(24(23)34-2)27-31(26(33)20-6-3-4-8-22(20)32)29-25(37-27)17-10-12-18(28)13-11-17/h3-14,27,32H,15H2,1-2H3. The molecule has 0 aliphatic carbocycles. The van der Waals surface area contributed by atoms with Crippen molar-refractivity contribution >= 4 is 22.7 Å². The molecule has 0 spiro atoms. The van der Waals surface area contributed by atoms with E-state index in [-0.39, 0.29) is 23.7 Å². The molecule has 1 N–H and O–H groups in total. The van der Waals surface area contributed by atoms with Crippen molar-refractivity contribution in [3.05, 3.63) is 107 Å². The summed E-state index contributed by atoms with van der Waals surface area (Å²) in [6, 6.07) is 19.3. The average Bonchev–Trinajstić information content (AvgIpc) is 3.54. The van der Waals surface area contributed by atoms with Gasteiger partial charge in [-0.2, -0.15) is 5.10 Å². The van der Waals surface area contributed by atoms with Gasteiger partial charge >= 0.3 is 0 Å². The van der Waals surface area contributed by atoms with Gasteiger partial charge in [0.25, 0.3) is 5.91 Å². The monoisotopic (exact) mass is 519 g/mol. The number of phenols is 1. The van der Waals surface area contributed by atoms with E-state index in [1.54, 1.807) is 49.4 Å². The van der Waals surface area contributed by atoms with Crippen molar-refractivity contribution in [2.45, 2.75) is 18.9 Å². The largest absolute Gasteiger partial charge is 0.507 e. The maximum atomic E-state index is 13.6. The van der Waals surface area contributed by atoms with Gasteiger partial charge in [-0.3, -0.25) is 4.79 Å². The van der Waals surface area contributed by atoms with E-state index in [9.17, 15) is 14.3 Å². The van der Waals surface area contributed by atoms with Crippen molar-refractivity contribution < 1.29 is 28.3 Å². The normalized spacial score (nSPS) is 14.9. The third-order valence-corrected chi connectivity index (χ3v) is 6.83. The number of aryl methyl sites for hydroxylation is 1. The summed E-state index contributed by atoms with van der Waals surface area (Å²) >= 11 is 1.30. The number of hydrogen-bond acceptors (Lipinski definition) is 8. The molecule has 188 valence electrons. The Kier molecular flexibility index (Phi) is 6.82. The molecule has 0 fully saturated rings. The van der Waals surface area contributed by atoms with Crippen molar-refractivity contribution in [1.29, 1.82) is 0 Å². The second-order valence-corrected chi connectivity index (χ2v) is 9.21. The highest BCUT2D eigenvalue weighted by Crippen LogP contribution is 2.48. The molecule has 1 aliphatic rings. The highest BCUT2D eigenvalue weighted by Gasteiger charge is 2.37. The Morgan fingerprint density at radius 2 is 1.92 bits per heavy atom. The van der Waals surface area contributed by atoms with Crippen molar-refractivity contribution in [2.24, 2.45) is 5.10 Å². The SMILES string of the molecule is COc1c(OCc2cc(C)on2)cccc1C1SC(c2ccc(F)cc2)=NN1C(=O)c1ccccc1O. The van der Waals surface area contributed by atoms with Crippen molar-refractivity contribution in [1.82, 2.24) is 10.2 Å². The Labute approximate surface area is 216 Å². The zero-order valence-electron chi connectivity index (χ0n) is 19.9. The van der Waals surface area contributed by atoms with E-state index in [1.807, 2.05) is 6.07 Å². The van der Waals surface area contributed by atoms with E-state index >= 15 is 0 Å². The van der Waals surface area contributed by atoms with Crippen LogP contribution in [0.3, 0.4) is 0 Å². The van der Waals surface area contributed by atoms with E-state index in [1.165, 1.54) is 48.1 Å². The van der Waals surface area contributed by atoms with Crippen molar-refractivity contribution in [2.75, 3.05) is 7.11 Å². The average molecular weight is 520 g/mol. The molecule has 0 saturated carbocycles. The first-order valence-electron chi connectivity index (χ1n) is 11.3. The topological polar surface area (TPSA) is 97.4 Å². The minimum Gasteiger partial charge on any atom is -0.507 e. The Morgan fingerprint density at radius 1 is 1.14 bits per heavy atom. The van der Waals surface area contributed by atoms with Crippen LogP contribution in [0.15, 0.2) is 82.4 Å². The van der Waals surface area contributed by atoms with Gasteiger partial charge in [0, 0.05) is 17.2 Å². The first-order chi connectivity index (χ1) is 17.9. The quantitative estimate of drug-likeness (QED) is 0.336. The molecule has 1 aliphatic heterocycles. The Balaban J connectivity index is 1.52. The van der Waals surface area contributed by atoms with E-state index < -0.39 is 11.3 Å². The lowest BCUT2D eigenvalue weighted by Gasteiger charge is -2.24. The van der Waals surface area contributed by atoms with Crippen LogP contribution in [0, 0.1) is 12.7 Å². The highest BCUT2D eigenvalue weighted by atomic mass is 32.2. The zero-order chi connectivity index (χ0) is 25.9. The maximum Gasteiger partial charge on any atom is 0.279 e. The summed E-state index contributed by atoms with van der Waals surface area (Å²) in [5, 5.41) is 20.0. The number of methoxy groups -OCH3 is 1. The van der Waals surface area contributed by atoms with Crippen LogP contribution in [-0.2, 0) is 6.61 Å². The van der Waals surface area contributed by atoms with Gasteiger partial charge in [-0.1, -0.05) is 41.2 Å². The second kappa shape index (κ2) is 10.4. The van der Waals surface area contributed by atoms with E-state index in [2.05, 4.69) is 10.3 Å². The van der Waals surface area contributed by atoms with Crippen LogP contribution in [-0.4, -0.2) is 33.3 Å². The number of amides is 1. The third kappa shape index (κ3) is 5.01. The molecule has 0 radical (unpaired) electrons. The number of halogens is 1. The third-order valence-electron chi connectivity index (χ3n) is 5.61. The Bertz CT molecular complexity index is 1470. The summed E-state index contributed by atoms with van der Waals surface area (Å²) in [4.78, 5) is 13.6. The van der Waals surface area contributed by atoms with Crippen LogP contribution in [0.2, 0.25) is 0 Å². The van der Waals surface area contributed by atoms with Gasteiger partial charge in [-0.05, 0) is 49.4 Å². The van der Waals surface area contributed by atoms with Gasteiger partial charge in [-0.15, -0.1) is 0 Å². The van der Waals surface area contributed by atoms with Crippen LogP contribution < -0.4 is 9.47 Å². The van der Waals surface area contributed by atoms with Crippen molar-refractivity contribution in [3.63, 3.8) is 0 Å². The molecule has 1 atom stereocenters. The lowest BCUT2D eigenvalue weighted by molar-refractivity contribution is 0.0744. The molecule has 5 rings (SSSR count). The number of rotatable bonds is 7. The number of para-hydroxylation sites is 2. The molecule has 2 heterocycles. The molecule has 10 heteroatoms. The molecule has 0 bridgehead atoms. The molecule has 4 aromatic rings.